The minimum absolute atomic E-state index is 0.0683. The zero-order chi connectivity index (χ0) is 14.8. The molecule has 0 aromatic heterocycles. The summed E-state index contributed by atoms with van der Waals surface area (Å²) in [4.78, 5) is 11.3. The van der Waals surface area contributed by atoms with Gasteiger partial charge in [-0.15, -0.1) is 0 Å². The normalized spacial score (nSPS) is 20.8. The van der Waals surface area contributed by atoms with E-state index in [1.807, 2.05) is 0 Å². The summed E-state index contributed by atoms with van der Waals surface area (Å²) in [5, 5.41) is 0. The van der Waals surface area contributed by atoms with E-state index in [1.54, 1.807) is 6.92 Å². The lowest BCUT2D eigenvalue weighted by Crippen LogP contribution is -2.40. The molecule has 0 radical (unpaired) electrons. The van der Waals surface area contributed by atoms with Gasteiger partial charge in [-0.3, -0.25) is 4.79 Å². The molecule has 2 atom stereocenters. The van der Waals surface area contributed by atoms with E-state index in [-0.39, 0.29) is 22.8 Å². The van der Waals surface area contributed by atoms with Gasteiger partial charge in [0.2, 0.25) is 10.0 Å². The first kappa shape index (κ1) is 15.2. The van der Waals surface area contributed by atoms with Gasteiger partial charge in [-0.2, -0.15) is 0 Å². The van der Waals surface area contributed by atoms with Crippen molar-refractivity contribution in [2.24, 2.45) is 0 Å². The molecule has 0 spiro atoms. The van der Waals surface area contributed by atoms with Crippen LogP contribution in [-0.4, -0.2) is 33.0 Å². The Morgan fingerprint density at radius 1 is 1.35 bits per heavy atom. The Kier molecular flexibility index (Phi) is 4.57. The predicted molar refractivity (Wildman–Crippen MR) is 75.2 cm³/mol. The zero-order valence-corrected chi connectivity index (χ0v) is 12.4. The van der Waals surface area contributed by atoms with Crippen molar-refractivity contribution in [3.05, 3.63) is 29.8 Å². The number of hydrogen-bond acceptors (Lipinski definition) is 4. The molecule has 1 heterocycles. The Morgan fingerprint density at radius 3 is 2.50 bits per heavy atom. The van der Waals surface area contributed by atoms with Gasteiger partial charge in [-0.1, -0.05) is 12.1 Å². The molecule has 0 amide bonds. The molecule has 1 fully saturated rings. The van der Waals surface area contributed by atoms with E-state index < -0.39 is 10.0 Å². The van der Waals surface area contributed by atoms with Crippen molar-refractivity contribution in [3.8, 4) is 0 Å². The van der Waals surface area contributed by atoms with E-state index in [9.17, 15) is 13.2 Å². The van der Waals surface area contributed by atoms with Crippen LogP contribution < -0.4 is 4.72 Å². The van der Waals surface area contributed by atoms with Gasteiger partial charge < -0.3 is 4.74 Å². The summed E-state index contributed by atoms with van der Waals surface area (Å²) in [5.74, 6) is -0.0883. The van der Waals surface area contributed by atoms with E-state index in [0.717, 1.165) is 12.8 Å². The van der Waals surface area contributed by atoms with E-state index in [2.05, 4.69) is 4.72 Å². The third-order valence-electron chi connectivity index (χ3n) is 3.43. The molecule has 0 aliphatic carbocycles. The first-order chi connectivity index (χ1) is 9.40. The molecule has 20 heavy (non-hydrogen) atoms. The molecule has 1 aromatic carbocycles. The van der Waals surface area contributed by atoms with Gasteiger partial charge in [0.15, 0.2) is 5.78 Å². The maximum absolute atomic E-state index is 12.2. The largest absolute Gasteiger partial charge is 0.377 e. The number of ether oxygens (including phenoxy) is 1. The maximum Gasteiger partial charge on any atom is 0.240 e. The number of nitrogens with one attached hydrogen (secondary N) is 1. The molecule has 110 valence electrons. The van der Waals surface area contributed by atoms with Crippen LogP contribution in [-0.2, 0) is 14.8 Å². The van der Waals surface area contributed by atoms with Crippen LogP contribution in [0, 0.1) is 0 Å². The lowest BCUT2D eigenvalue weighted by Gasteiger charge is -2.20. The number of hydrogen-bond donors (Lipinski definition) is 1. The van der Waals surface area contributed by atoms with E-state index in [1.165, 1.54) is 31.2 Å². The highest BCUT2D eigenvalue weighted by molar-refractivity contribution is 7.89. The van der Waals surface area contributed by atoms with Crippen LogP contribution in [0.4, 0.5) is 0 Å². The monoisotopic (exact) mass is 297 g/mol. The molecule has 1 aliphatic heterocycles. The lowest BCUT2D eigenvalue weighted by molar-refractivity contribution is 0.0902. The van der Waals surface area contributed by atoms with Crippen molar-refractivity contribution < 1.29 is 17.9 Å². The van der Waals surface area contributed by atoms with Gasteiger partial charge in [-0.25, -0.2) is 13.1 Å². The molecular weight excluding hydrogens is 278 g/mol. The van der Waals surface area contributed by atoms with Crippen LogP contribution >= 0.6 is 0 Å². The summed E-state index contributed by atoms with van der Waals surface area (Å²) in [6, 6.07) is 5.67. The van der Waals surface area contributed by atoms with Crippen LogP contribution in [0.3, 0.4) is 0 Å². The van der Waals surface area contributed by atoms with Crippen molar-refractivity contribution in [3.63, 3.8) is 0 Å². The molecule has 5 nitrogen and oxygen atoms in total. The number of benzene rings is 1. The van der Waals surface area contributed by atoms with Crippen LogP contribution in [0.1, 0.15) is 37.0 Å². The van der Waals surface area contributed by atoms with Crippen LogP contribution in [0.25, 0.3) is 0 Å². The second-order valence-corrected chi connectivity index (χ2v) is 6.76. The average molecular weight is 297 g/mol. The van der Waals surface area contributed by atoms with Crippen molar-refractivity contribution in [2.45, 2.75) is 43.7 Å². The Bertz CT molecular complexity index is 574. The Hall–Kier alpha value is -1.24. The van der Waals surface area contributed by atoms with E-state index >= 15 is 0 Å². The molecular formula is C14H19NO4S. The van der Waals surface area contributed by atoms with Crippen molar-refractivity contribution in [2.75, 3.05) is 6.61 Å². The van der Waals surface area contributed by atoms with Crippen molar-refractivity contribution in [1.82, 2.24) is 4.72 Å². The Labute approximate surface area is 119 Å². The minimum Gasteiger partial charge on any atom is -0.377 e. The van der Waals surface area contributed by atoms with Gasteiger partial charge >= 0.3 is 0 Å². The Balaban J connectivity index is 2.11. The molecule has 0 saturated carbocycles. The maximum atomic E-state index is 12.2. The summed E-state index contributed by atoms with van der Waals surface area (Å²) in [7, 11) is -3.58. The second-order valence-electron chi connectivity index (χ2n) is 5.04. The van der Waals surface area contributed by atoms with Gasteiger partial charge in [-0.05, 0) is 38.8 Å². The summed E-state index contributed by atoms with van der Waals surface area (Å²) >= 11 is 0. The van der Waals surface area contributed by atoms with E-state index in [4.69, 9.17) is 4.74 Å². The van der Waals surface area contributed by atoms with E-state index in [0.29, 0.717) is 12.2 Å². The number of carbonyl (C=O) groups excluding carboxylic acids is 1. The highest BCUT2D eigenvalue weighted by Crippen LogP contribution is 2.18. The summed E-state index contributed by atoms with van der Waals surface area (Å²) < 4.78 is 32.6. The second kappa shape index (κ2) is 6.03. The molecule has 6 heteroatoms. The fraction of sp³-hybridized carbons (Fsp3) is 0.500. The lowest BCUT2D eigenvalue weighted by atomic mass is 10.1. The molecule has 2 rings (SSSR count). The topological polar surface area (TPSA) is 72.5 Å². The molecule has 1 aliphatic rings. The van der Waals surface area contributed by atoms with Gasteiger partial charge in [0.25, 0.3) is 0 Å². The zero-order valence-electron chi connectivity index (χ0n) is 11.6. The summed E-state index contributed by atoms with van der Waals surface area (Å²) in [6.07, 6.45) is 1.76. The molecule has 1 saturated heterocycles. The summed E-state index contributed by atoms with van der Waals surface area (Å²) in [6.45, 7) is 3.93. The fourth-order valence-corrected chi connectivity index (χ4v) is 3.53. The molecule has 0 unspecified atom stereocenters. The van der Waals surface area contributed by atoms with Crippen molar-refractivity contribution in [1.29, 1.82) is 0 Å². The highest BCUT2D eigenvalue weighted by atomic mass is 32.2. The SMILES string of the molecule is CC(=O)c1ccc(S(=O)(=O)N[C@@H](C)[C@@H]2CCCO2)cc1. The molecule has 1 aromatic rings. The first-order valence-electron chi connectivity index (χ1n) is 6.65. The fourth-order valence-electron chi connectivity index (χ4n) is 2.25. The number of sulfonamides is 1. The number of carbonyl (C=O) groups is 1. The first-order valence-corrected chi connectivity index (χ1v) is 8.13. The third-order valence-corrected chi connectivity index (χ3v) is 5.01. The van der Waals surface area contributed by atoms with Gasteiger partial charge in [0, 0.05) is 18.2 Å². The number of ketones is 1. The molecule has 0 bridgehead atoms. The number of rotatable bonds is 5. The quantitative estimate of drug-likeness (QED) is 0.840. The smallest absolute Gasteiger partial charge is 0.240 e. The van der Waals surface area contributed by atoms with Crippen molar-refractivity contribution >= 4 is 15.8 Å². The molecule has 1 N–H and O–H groups in total. The standard InChI is InChI=1S/C14H19NO4S/c1-10(14-4-3-9-19-14)15-20(17,18)13-7-5-12(6-8-13)11(2)16/h5-8,10,14-15H,3-4,9H2,1-2H3/t10-,14-/m0/s1. The summed E-state index contributed by atoms with van der Waals surface area (Å²) in [5.41, 5.74) is 0.496. The third kappa shape index (κ3) is 3.45. The minimum atomic E-state index is -3.58. The van der Waals surface area contributed by atoms with Crippen LogP contribution in [0.5, 0.6) is 0 Å². The van der Waals surface area contributed by atoms with Crippen LogP contribution in [0.15, 0.2) is 29.2 Å². The Morgan fingerprint density at radius 2 is 2.00 bits per heavy atom. The average Bonchev–Trinajstić information content (AvgIpc) is 2.92. The van der Waals surface area contributed by atoms with Gasteiger partial charge in [0.05, 0.1) is 11.0 Å². The highest BCUT2D eigenvalue weighted by Gasteiger charge is 2.26. The number of Topliss-reactive ketones (excluding diaryl/α,β-unsaturated/α-hetero) is 1. The van der Waals surface area contributed by atoms with Crippen LogP contribution in [0.2, 0.25) is 0 Å². The predicted octanol–water partition coefficient (Wildman–Crippen LogP) is 1.74. The van der Waals surface area contributed by atoms with Gasteiger partial charge in [0.1, 0.15) is 0 Å².